The number of rotatable bonds is 38. The second-order valence-electron chi connectivity index (χ2n) is 19.8. The highest BCUT2D eigenvalue weighted by Gasteiger charge is 2.40. The number of para-hydroxylation sites is 1. The van der Waals surface area contributed by atoms with Gasteiger partial charge in [0.2, 0.25) is 47.3 Å². The van der Waals surface area contributed by atoms with Crippen molar-refractivity contribution in [2.24, 2.45) is 22.2 Å². The number of hydrogen-bond donors (Lipinski definition) is 20. The van der Waals surface area contributed by atoms with E-state index < -0.39 is 139 Å². The lowest BCUT2D eigenvalue weighted by atomic mass is 10.0. The number of urea groups is 1. The minimum atomic E-state index is -1.68. The third-order valence-corrected chi connectivity index (χ3v) is 14.0. The van der Waals surface area contributed by atoms with Gasteiger partial charge in [0.25, 0.3) is 5.91 Å². The van der Waals surface area contributed by atoms with Crippen molar-refractivity contribution in [3.63, 3.8) is 0 Å². The Morgan fingerprint density at radius 3 is 1.66 bits per heavy atom. The van der Waals surface area contributed by atoms with Crippen molar-refractivity contribution >= 4 is 120 Å². The number of carboxylic acids is 1. The zero-order valence-electron chi connectivity index (χ0n) is 47.2. The molecule has 11 amide bonds. The molecule has 3 aromatic rings. The molecule has 0 aliphatic carbocycles. The quantitative estimate of drug-likeness (QED) is 0.00856. The highest BCUT2D eigenvalue weighted by molar-refractivity contribution is 7.80. The summed E-state index contributed by atoms with van der Waals surface area (Å²) in [5.41, 5.74) is 18.3. The Bertz CT molecular complexity index is 2900. The molecule has 0 bridgehead atoms. The van der Waals surface area contributed by atoms with Crippen LogP contribution < -0.4 is 75.7 Å². The molecule has 1 fully saturated rings. The maximum Gasteiger partial charge on any atom is 0.325 e. The summed E-state index contributed by atoms with van der Waals surface area (Å²) in [5.74, 6) is -10.8. The van der Waals surface area contributed by atoms with Crippen LogP contribution in [0, 0.1) is 10.8 Å². The summed E-state index contributed by atoms with van der Waals surface area (Å²) < 4.78 is 0. The first kappa shape index (κ1) is 69.4. The van der Waals surface area contributed by atoms with Gasteiger partial charge in [-0.2, -0.15) is 25.3 Å². The Kier molecular flexibility index (Phi) is 28.9. The van der Waals surface area contributed by atoms with Crippen LogP contribution in [0.4, 0.5) is 4.79 Å². The average molecular weight is 1240 g/mol. The minimum absolute atomic E-state index is 0.0713. The highest BCUT2D eigenvalue weighted by Crippen LogP contribution is 2.20. The van der Waals surface area contributed by atoms with Crippen LogP contribution >= 0.6 is 25.3 Å². The maximum absolute atomic E-state index is 14.8. The van der Waals surface area contributed by atoms with Gasteiger partial charge in [-0.1, -0.05) is 48.5 Å². The van der Waals surface area contributed by atoms with Crippen LogP contribution in [0.1, 0.15) is 62.5 Å². The molecule has 2 heterocycles. The fourth-order valence-electron chi connectivity index (χ4n) is 8.88. The number of aromatic nitrogens is 1. The van der Waals surface area contributed by atoms with Crippen LogP contribution in [0.25, 0.3) is 10.9 Å². The second-order valence-corrected chi connectivity index (χ2v) is 20.5. The standard InChI is InChI=1S/C53H77N19O12S2/c1-59-28-60-19-7-14-33(65-46(79)35(17-18-42(74)75)67-49(82)39(27-86)71-50(83)40(16-9-21-62-52(57)58)72-41(73)25-64-53(72)84)44(77)68-36(22-29-10-3-2-4-11-29)47(80)66-34(15-8-20-61-51(55)56)45(78)69-37(48(81)70-38(26-85)43(54)76)23-30-24-63-32-13-6-5-12-31(30)32/h2-6,10-13,24,28,33-40,63,85-86H,7-9,14-23,25-27H2,1H3,(H2,54,76)(H,59,60)(H,64,84)(H,65,79)(H,66,80)(H,67,82)(H,68,77)(H,69,78)(H,70,81)(H,71,83)(H,74,75)(H4,55,56,61)(H4,57,58,62)/t33-,34-,35-,36+,37-,38-,39-,40+/m0/s1. The number of benzene rings is 2. The van der Waals surface area contributed by atoms with Gasteiger partial charge in [0.05, 0.1) is 12.9 Å². The van der Waals surface area contributed by atoms with Gasteiger partial charge in [-0.15, -0.1) is 0 Å². The van der Waals surface area contributed by atoms with E-state index >= 15 is 0 Å². The van der Waals surface area contributed by atoms with Gasteiger partial charge < -0.3 is 85.8 Å². The molecule has 1 saturated heterocycles. The van der Waals surface area contributed by atoms with Crippen LogP contribution in [-0.4, -0.2) is 191 Å². The largest absolute Gasteiger partial charge is 0.481 e. The maximum atomic E-state index is 14.8. The van der Waals surface area contributed by atoms with Crippen molar-refractivity contribution in [3.05, 3.63) is 71.9 Å². The van der Waals surface area contributed by atoms with E-state index in [0.717, 1.165) is 10.9 Å². The number of H-pyrrole nitrogens is 1. The van der Waals surface area contributed by atoms with E-state index in [1.807, 2.05) is 6.07 Å². The SMILES string of the molecule is CN/C=N\CCC[C@H](NC(=O)[C@H](CCC(=O)O)NC(=O)[C@H](CS)NC(=O)[C@@H](CCCNC(=N)N)N1C(=O)CNC1=O)C(=O)N[C@H](Cc1ccccc1)C(=O)N[C@@H](CCCNC(=N)N)C(=O)N[C@@H](Cc1c[nH]c2ccccc12)C(=O)N[C@@H](CS)C(N)=O. The van der Waals surface area contributed by atoms with E-state index in [1.54, 1.807) is 61.8 Å². The number of nitrogens with two attached hydrogens (primary N) is 3. The number of carboxylic acid groups (broad SMARTS) is 1. The number of fused-ring (bicyclic) bond motifs is 1. The van der Waals surface area contributed by atoms with Crippen molar-refractivity contribution < 1.29 is 57.8 Å². The van der Waals surface area contributed by atoms with Gasteiger partial charge in [0, 0.05) is 74.5 Å². The number of nitrogens with zero attached hydrogens (tertiary/aromatic N) is 2. The van der Waals surface area contributed by atoms with Gasteiger partial charge in [-0.3, -0.25) is 68.7 Å². The molecule has 0 saturated carbocycles. The summed E-state index contributed by atoms with van der Waals surface area (Å²) in [7, 11) is 1.61. The van der Waals surface area contributed by atoms with E-state index in [1.165, 1.54) is 6.34 Å². The molecule has 21 N–H and O–H groups in total. The first-order chi connectivity index (χ1) is 41.1. The molecule has 86 heavy (non-hydrogen) atoms. The Morgan fingerprint density at radius 1 is 0.640 bits per heavy atom. The van der Waals surface area contributed by atoms with Crippen molar-refractivity contribution in [1.29, 1.82) is 10.8 Å². The van der Waals surface area contributed by atoms with Crippen molar-refractivity contribution in [3.8, 4) is 0 Å². The number of primary amides is 1. The third kappa shape index (κ3) is 22.8. The lowest BCUT2D eigenvalue weighted by Gasteiger charge is -2.28. The normalized spacial score (nSPS) is 14.8. The monoisotopic (exact) mass is 1240 g/mol. The van der Waals surface area contributed by atoms with E-state index in [-0.39, 0.29) is 88.7 Å². The molecule has 0 radical (unpaired) electrons. The van der Waals surface area contributed by atoms with E-state index in [4.69, 9.17) is 28.0 Å². The van der Waals surface area contributed by atoms with Crippen LogP contribution in [0.5, 0.6) is 0 Å². The Morgan fingerprint density at radius 2 is 1.13 bits per heavy atom. The number of nitrogens with one attached hydrogen (secondary N) is 14. The molecule has 33 heteroatoms. The smallest absolute Gasteiger partial charge is 0.325 e. The zero-order chi connectivity index (χ0) is 63.3. The number of hydrogen-bond acceptors (Lipinski definition) is 16. The fourth-order valence-corrected chi connectivity index (χ4v) is 9.41. The summed E-state index contributed by atoms with van der Waals surface area (Å²) >= 11 is 8.36. The summed E-state index contributed by atoms with van der Waals surface area (Å²) in [6.07, 6.45) is 1.57. The van der Waals surface area contributed by atoms with Crippen molar-refractivity contribution in [1.82, 2.24) is 68.4 Å². The van der Waals surface area contributed by atoms with Crippen molar-refractivity contribution in [2.45, 2.75) is 113 Å². The highest BCUT2D eigenvalue weighted by atomic mass is 32.1. The number of imide groups is 1. The second kappa shape index (κ2) is 35.9. The zero-order valence-corrected chi connectivity index (χ0v) is 49.0. The molecule has 8 atom stereocenters. The Balaban J connectivity index is 1.65. The molecule has 468 valence electrons. The minimum Gasteiger partial charge on any atom is -0.481 e. The number of amides is 11. The predicted octanol–water partition coefficient (Wildman–Crippen LogP) is -3.97. The van der Waals surface area contributed by atoms with E-state index in [0.29, 0.717) is 16.0 Å². The molecule has 1 aliphatic heterocycles. The fraction of sp³-hybridized carbons (Fsp3) is 0.472. The number of thiol groups is 2. The number of carbonyl (C=O) groups excluding carboxylic acids is 10. The van der Waals surface area contributed by atoms with Crippen LogP contribution in [0.15, 0.2) is 65.8 Å². The molecular weight excluding hydrogens is 1160 g/mol. The van der Waals surface area contributed by atoms with Gasteiger partial charge >= 0.3 is 12.0 Å². The summed E-state index contributed by atoms with van der Waals surface area (Å²) in [6.45, 7) is -0.113. The molecule has 31 nitrogen and oxygen atoms in total. The van der Waals surface area contributed by atoms with Crippen LogP contribution in [0.2, 0.25) is 0 Å². The lowest BCUT2D eigenvalue weighted by Crippen LogP contribution is -2.61. The molecule has 0 unspecified atom stereocenters. The summed E-state index contributed by atoms with van der Waals surface area (Å²) in [4.78, 5) is 158. The van der Waals surface area contributed by atoms with Crippen LogP contribution in [-0.2, 0) is 60.8 Å². The topological polar surface area (TPSA) is 497 Å². The number of aliphatic imine (C=N–C) groups is 1. The first-order valence-electron chi connectivity index (χ1n) is 27.4. The molecule has 2 aromatic carbocycles. The molecule has 1 aromatic heterocycles. The first-order valence-corrected chi connectivity index (χ1v) is 28.7. The van der Waals surface area contributed by atoms with Crippen molar-refractivity contribution in [2.75, 3.05) is 44.7 Å². The number of carbonyl (C=O) groups is 11. The Labute approximate surface area is 506 Å². The summed E-state index contributed by atoms with van der Waals surface area (Å²) in [6, 6.07) is 3.08. The molecular formula is C53H77N19O12S2. The Hall–Kier alpha value is -9.14. The average Bonchev–Trinajstić information content (AvgIpc) is 2.73. The molecule has 0 spiro atoms. The van der Waals surface area contributed by atoms with Gasteiger partial charge in [-0.05, 0) is 62.1 Å². The predicted molar refractivity (Wildman–Crippen MR) is 323 cm³/mol. The number of aromatic amines is 1. The summed E-state index contributed by atoms with van der Waals surface area (Å²) in [5, 5.41) is 53.8. The third-order valence-electron chi connectivity index (χ3n) is 13.3. The molecule has 1 aliphatic rings. The van der Waals surface area contributed by atoms with E-state index in [9.17, 15) is 57.8 Å². The lowest BCUT2D eigenvalue weighted by molar-refractivity contribution is -0.139. The van der Waals surface area contributed by atoms with Gasteiger partial charge in [0.1, 0.15) is 48.3 Å². The van der Waals surface area contributed by atoms with Gasteiger partial charge in [-0.25, -0.2) is 4.79 Å². The van der Waals surface area contributed by atoms with E-state index in [2.05, 4.69) is 93.7 Å². The van der Waals surface area contributed by atoms with Gasteiger partial charge in [0.15, 0.2) is 11.9 Å². The number of guanidine groups is 2. The number of aliphatic carboxylic acids is 1. The van der Waals surface area contributed by atoms with Crippen LogP contribution in [0.3, 0.4) is 0 Å². The molecule has 4 rings (SSSR count).